The first kappa shape index (κ1) is 24.5. The minimum Gasteiger partial charge on any atom is -0.348 e. The number of benzene rings is 3. The van der Waals surface area contributed by atoms with E-state index in [0.717, 1.165) is 33.4 Å². The van der Waals surface area contributed by atoms with Crippen LogP contribution in [0, 0.1) is 34.6 Å². The van der Waals surface area contributed by atoms with Gasteiger partial charge in [0, 0.05) is 0 Å². The average molecular weight is 465 g/mol. The third-order valence-corrected chi connectivity index (χ3v) is 7.58. The smallest absolute Gasteiger partial charge is 0.264 e. The Hall–Kier alpha value is -3.12. The van der Waals surface area contributed by atoms with Gasteiger partial charge in [0.1, 0.15) is 6.54 Å². The molecule has 33 heavy (non-hydrogen) atoms. The molecule has 3 rings (SSSR count). The Kier molecular flexibility index (Phi) is 7.28. The number of hydrogen-bond donors (Lipinski definition) is 1. The maximum atomic E-state index is 13.6. The topological polar surface area (TPSA) is 66.5 Å². The van der Waals surface area contributed by atoms with Gasteiger partial charge in [-0.15, -0.1) is 0 Å². The van der Waals surface area contributed by atoms with Crippen molar-refractivity contribution in [3.05, 3.63) is 94.0 Å². The van der Waals surface area contributed by atoms with Crippen molar-refractivity contribution in [3.8, 4) is 0 Å². The number of carbonyl (C=O) groups excluding carboxylic acids is 1. The zero-order valence-electron chi connectivity index (χ0n) is 20.1. The Balaban J connectivity index is 1.96. The first-order valence-corrected chi connectivity index (χ1v) is 12.5. The van der Waals surface area contributed by atoms with Crippen LogP contribution >= 0.6 is 0 Å². The average Bonchev–Trinajstić information content (AvgIpc) is 2.75. The Morgan fingerprint density at radius 1 is 0.818 bits per heavy atom. The molecule has 1 unspecified atom stereocenters. The highest BCUT2D eigenvalue weighted by Crippen LogP contribution is 2.28. The molecule has 3 aromatic rings. The van der Waals surface area contributed by atoms with Crippen LogP contribution in [0.5, 0.6) is 0 Å². The Labute approximate surface area is 197 Å². The molecule has 1 N–H and O–H groups in total. The molecule has 5 nitrogen and oxygen atoms in total. The summed E-state index contributed by atoms with van der Waals surface area (Å²) in [6, 6.07) is 18.2. The molecule has 1 atom stereocenters. The summed E-state index contributed by atoms with van der Waals surface area (Å²) in [5.41, 5.74) is 6.37. The van der Waals surface area contributed by atoms with Crippen LogP contribution in [0.1, 0.15) is 46.3 Å². The minimum atomic E-state index is -3.95. The van der Waals surface area contributed by atoms with E-state index in [0.29, 0.717) is 5.69 Å². The molecule has 0 bridgehead atoms. The van der Waals surface area contributed by atoms with E-state index in [1.54, 1.807) is 24.3 Å². The number of rotatable bonds is 7. The molecule has 0 aromatic heterocycles. The second-order valence-corrected chi connectivity index (χ2v) is 10.6. The standard InChI is InChI=1S/C27H32N2O3S/c1-18-9-13-24(14-10-18)33(31,32)29(26-16-20(3)8-12-22(26)5)17-27(30)28-23(6)25-15-19(2)7-11-21(25)4/h7-16,23H,17H2,1-6H3,(H,28,30). The van der Waals surface area contributed by atoms with E-state index in [-0.39, 0.29) is 23.4 Å². The molecule has 0 aliphatic carbocycles. The van der Waals surface area contributed by atoms with Crippen molar-refractivity contribution in [2.45, 2.75) is 52.5 Å². The molecule has 174 valence electrons. The van der Waals surface area contributed by atoms with Crippen LogP contribution in [0.2, 0.25) is 0 Å². The van der Waals surface area contributed by atoms with E-state index in [9.17, 15) is 13.2 Å². The largest absolute Gasteiger partial charge is 0.348 e. The highest BCUT2D eigenvalue weighted by atomic mass is 32.2. The summed E-state index contributed by atoms with van der Waals surface area (Å²) >= 11 is 0. The van der Waals surface area contributed by atoms with Crippen molar-refractivity contribution >= 4 is 21.6 Å². The molecule has 0 aliphatic heterocycles. The van der Waals surface area contributed by atoms with Crippen LogP contribution in [0.4, 0.5) is 5.69 Å². The molecule has 0 saturated carbocycles. The minimum absolute atomic E-state index is 0.157. The molecular weight excluding hydrogens is 432 g/mol. The maximum absolute atomic E-state index is 13.6. The van der Waals surface area contributed by atoms with E-state index in [1.807, 2.05) is 77.9 Å². The number of carbonyl (C=O) groups is 1. The molecule has 0 spiro atoms. The number of hydrogen-bond acceptors (Lipinski definition) is 3. The summed E-state index contributed by atoms with van der Waals surface area (Å²) < 4.78 is 28.5. The van der Waals surface area contributed by atoms with Gasteiger partial charge in [0.05, 0.1) is 16.6 Å². The summed E-state index contributed by atoms with van der Waals surface area (Å²) in [6.45, 7) is 11.3. The lowest BCUT2D eigenvalue weighted by molar-refractivity contribution is -0.120. The third kappa shape index (κ3) is 5.63. The summed E-state index contributed by atoms with van der Waals surface area (Å²) in [5.74, 6) is -0.361. The van der Waals surface area contributed by atoms with Crippen LogP contribution in [-0.4, -0.2) is 20.9 Å². The lowest BCUT2D eigenvalue weighted by Crippen LogP contribution is -2.42. The van der Waals surface area contributed by atoms with Gasteiger partial charge in [-0.05, 0) is 82.0 Å². The van der Waals surface area contributed by atoms with Crippen LogP contribution in [0.25, 0.3) is 0 Å². The van der Waals surface area contributed by atoms with Gasteiger partial charge >= 0.3 is 0 Å². The van der Waals surface area contributed by atoms with Crippen LogP contribution in [0.15, 0.2) is 65.6 Å². The quantitative estimate of drug-likeness (QED) is 0.516. The van der Waals surface area contributed by atoms with Gasteiger partial charge in [-0.25, -0.2) is 8.42 Å². The second kappa shape index (κ2) is 9.79. The number of sulfonamides is 1. The molecule has 6 heteroatoms. The molecule has 0 radical (unpaired) electrons. The summed E-state index contributed by atoms with van der Waals surface area (Å²) in [7, 11) is -3.95. The van der Waals surface area contributed by atoms with Gasteiger partial charge in [0.2, 0.25) is 5.91 Å². The monoisotopic (exact) mass is 464 g/mol. The van der Waals surface area contributed by atoms with E-state index in [1.165, 1.54) is 4.31 Å². The van der Waals surface area contributed by atoms with Gasteiger partial charge in [-0.2, -0.15) is 0 Å². The summed E-state index contributed by atoms with van der Waals surface area (Å²) in [6.07, 6.45) is 0. The highest BCUT2D eigenvalue weighted by Gasteiger charge is 2.29. The number of nitrogens with one attached hydrogen (secondary N) is 1. The normalized spacial score (nSPS) is 12.3. The van der Waals surface area contributed by atoms with Gasteiger partial charge in [-0.1, -0.05) is 53.6 Å². The van der Waals surface area contributed by atoms with Crippen molar-refractivity contribution in [1.29, 1.82) is 0 Å². The van der Waals surface area contributed by atoms with Crippen molar-refractivity contribution in [3.63, 3.8) is 0 Å². The first-order valence-electron chi connectivity index (χ1n) is 11.0. The number of amides is 1. The number of anilines is 1. The second-order valence-electron chi connectivity index (χ2n) is 8.76. The molecule has 1 amide bonds. The Bertz CT molecular complexity index is 1270. The summed E-state index contributed by atoms with van der Waals surface area (Å²) in [4.78, 5) is 13.3. The molecule has 0 fully saturated rings. The fourth-order valence-corrected chi connectivity index (χ4v) is 5.32. The van der Waals surface area contributed by atoms with Crippen LogP contribution in [0.3, 0.4) is 0 Å². The zero-order chi connectivity index (χ0) is 24.3. The van der Waals surface area contributed by atoms with Crippen LogP contribution < -0.4 is 9.62 Å². The van der Waals surface area contributed by atoms with Crippen molar-refractivity contribution < 1.29 is 13.2 Å². The van der Waals surface area contributed by atoms with Crippen molar-refractivity contribution in [2.75, 3.05) is 10.8 Å². The molecule has 0 saturated heterocycles. The molecule has 3 aromatic carbocycles. The fraction of sp³-hybridized carbons (Fsp3) is 0.296. The zero-order valence-corrected chi connectivity index (χ0v) is 21.0. The molecule has 0 heterocycles. The van der Waals surface area contributed by atoms with Crippen molar-refractivity contribution in [1.82, 2.24) is 5.32 Å². The van der Waals surface area contributed by atoms with Gasteiger partial charge < -0.3 is 5.32 Å². The lowest BCUT2D eigenvalue weighted by Gasteiger charge is -2.27. The Morgan fingerprint density at radius 3 is 2.00 bits per heavy atom. The SMILES string of the molecule is Cc1ccc(S(=O)(=O)N(CC(=O)NC(C)c2cc(C)ccc2C)c2cc(C)ccc2C)cc1. The predicted molar refractivity (Wildman–Crippen MR) is 134 cm³/mol. The van der Waals surface area contributed by atoms with E-state index in [4.69, 9.17) is 0 Å². The maximum Gasteiger partial charge on any atom is 0.264 e. The number of aryl methyl sites for hydroxylation is 5. The van der Waals surface area contributed by atoms with Crippen LogP contribution in [-0.2, 0) is 14.8 Å². The Morgan fingerprint density at radius 2 is 1.36 bits per heavy atom. The number of nitrogens with zero attached hydrogens (tertiary/aromatic N) is 1. The predicted octanol–water partition coefficient (Wildman–Crippen LogP) is 5.30. The highest BCUT2D eigenvalue weighted by molar-refractivity contribution is 7.92. The van der Waals surface area contributed by atoms with Crippen molar-refractivity contribution in [2.24, 2.45) is 0 Å². The summed E-state index contributed by atoms with van der Waals surface area (Å²) in [5, 5.41) is 2.99. The van der Waals surface area contributed by atoms with Gasteiger partial charge in [0.15, 0.2) is 0 Å². The van der Waals surface area contributed by atoms with E-state index < -0.39 is 10.0 Å². The first-order chi connectivity index (χ1) is 15.5. The van der Waals surface area contributed by atoms with Gasteiger partial charge in [0.25, 0.3) is 10.0 Å². The fourth-order valence-electron chi connectivity index (χ4n) is 3.85. The van der Waals surface area contributed by atoms with Gasteiger partial charge in [-0.3, -0.25) is 9.10 Å². The third-order valence-electron chi connectivity index (χ3n) is 5.81. The van der Waals surface area contributed by atoms with E-state index >= 15 is 0 Å². The van der Waals surface area contributed by atoms with E-state index in [2.05, 4.69) is 5.32 Å². The molecular formula is C27H32N2O3S. The molecule has 0 aliphatic rings. The lowest BCUT2D eigenvalue weighted by atomic mass is 10.00.